The van der Waals surface area contributed by atoms with Crippen LogP contribution in [0.5, 0.6) is 0 Å². The monoisotopic (exact) mass is 150 g/mol. The van der Waals surface area contributed by atoms with Crippen LogP contribution in [0.3, 0.4) is 0 Å². The summed E-state index contributed by atoms with van der Waals surface area (Å²) in [5, 5.41) is 0. The Morgan fingerprint density at radius 3 is 2.09 bits per heavy atom. The standard InChI is InChI=1S/C11H18/c1-6-10(4)8-11(5)7-9(2)3/h6-9H,1H2,2-5H3/b10-8+,11-7+. The van der Waals surface area contributed by atoms with Crippen LogP contribution in [0.4, 0.5) is 0 Å². The zero-order valence-corrected chi connectivity index (χ0v) is 8.02. The van der Waals surface area contributed by atoms with Gasteiger partial charge in [0.2, 0.25) is 0 Å². The first-order chi connectivity index (χ1) is 5.06. The lowest BCUT2D eigenvalue weighted by molar-refractivity contribution is 0.825. The summed E-state index contributed by atoms with van der Waals surface area (Å²) >= 11 is 0. The molecule has 0 aromatic carbocycles. The summed E-state index contributed by atoms with van der Waals surface area (Å²) in [4.78, 5) is 0. The molecule has 0 aliphatic carbocycles. The van der Waals surface area contributed by atoms with Gasteiger partial charge in [-0.3, -0.25) is 0 Å². The lowest BCUT2D eigenvalue weighted by Crippen LogP contribution is -1.81. The van der Waals surface area contributed by atoms with E-state index in [2.05, 4.69) is 46.4 Å². The second-order valence-corrected chi connectivity index (χ2v) is 3.25. The molecule has 0 spiro atoms. The molecule has 0 saturated carbocycles. The molecule has 0 aliphatic heterocycles. The van der Waals surface area contributed by atoms with Gasteiger partial charge in [0.15, 0.2) is 0 Å². The van der Waals surface area contributed by atoms with Gasteiger partial charge < -0.3 is 0 Å². The van der Waals surface area contributed by atoms with Crippen LogP contribution in [0.1, 0.15) is 27.7 Å². The largest absolute Gasteiger partial charge is 0.0988 e. The van der Waals surface area contributed by atoms with Crippen molar-refractivity contribution in [1.82, 2.24) is 0 Å². The summed E-state index contributed by atoms with van der Waals surface area (Å²) in [5.74, 6) is 0.629. The Morgan fingerprint density at radius 2 is 1.73 bits per heavy atom. The topological polar surface area (TPSA) is 0 Å². The van der Waals surface area contributed by atoms with E-state index in [0.717, 1.165) is 0 Å². The molecule has 0 saturated heterocycles. The van der Waals surface area contributed by atoms with Gasteiger partial charge in [-0.25, -0.2) is 0 Å². The predicted molar refractivity (Wildman–Crippen MR) is 52.5 cm³/mol. The summed E-state index contributed by atoms with van der Waals surface area (Å²) in [5.41, 5.74) is 2.54. The number of rotatable bonds is 3. The van der Waals surface area contributed by atoms with Crippen molar-refractivity contribution in [3.63, 3.8) is 0 Å². The highest BCUT2D eigenvalue weighted by Gasteiger charge is 1.88. The molecule has 0 amide bonds. The number of hydrogen-bond donors (Lipinski definition) is 0. The van der Waals surface area contributed by atoms with E-state index in [4.69, 9.17) is 0 Å². The van der Waals surface area contributed by atoms with Crippen LogP contribution < -0.4 is 0 Å². The van der Waals surface area contributed by atoms with E-state index in [0.29, 0.717) is 5.92 Å². The molecule has 0 nitrogen and oxygen atoms in total. The molecule has 0 unspecified atom stereocenters. The van der Waals surface area contributed by atoms with Crippen molar-refractivity contribution in [1.29, 1.82) is 0 Å². The zero-order chi connectivity index (χ0) is 8.85. The average molecular weight is 150 g/mol. The van der Waals surface area contributed by atoms with Gasteiger partial charge in [-0.1, -0.05) is 49.8 Å². The van der Waals surface area contributed by atoms with Gasteiger partial charge in [0.25, 0.3) is 0 Å². The van der Waals surface area contributed by atoms with E-state index in [1.807, 2.05) is 6.08 Å². The van der Waals surface area contributed by atoms with Crippen molar-refractivity contribution < 1.29 is 0 Å². The third kappa shape index (κ3) is 5.65. The first-order valence-electron chi connectivity index (χ1n) is 4.05. The van der Waals surface area contributed by atoms with E-state index < -0.39 is 0 Å². The van der Waals surface area contributed by atoms with Crippen molar-refractivity contribution in [3.05, 3.63) is 36.0 Å². The molecule has 0 bridgehead atoms. The van der Waals surface area contributed by atoms with E-state index >= 15 is 0 Å². The van der Waals surface area contributed by atoms with Gasteiger partial charge in [0, 0.05) is 0 Å². The molecule has 0 atom stereocenters. The Balaban J connectivity index is 4.26. The van der Waals surface area contributed by atoms with Crippen molar-refractivity contribution in [2.24, 2.45) is 5.92 Å². The predicted octanol–water partition coefficient (Wildman–Crippen LogP) is 3.72. The minimum Gasteiger partial charge on any atom is -0.0988 e. The zero-order valence-electron chi connectivity index (χ0n) is 8.02. The molecule has 0 heteroatoms. The van der Waals surface area contributed by atoms with Crippen LogP contribution >= 0.6 is 0 Å². The van der Waals surface area contributed by atoms with Crippen LogP contribution in [0.25, 0.3) is 0 Å². The van der Waals surface area contributed by atoms with Crippen LogP contribution in [0.2, 0.25) is 0 Å². The number of hydrogen-bond acceptors (Lipinski definition) is 0. The molecule has 0 aromatic rings. The van der Waals surface area contributed by atoms with Gasteiger partial charge >= 0.3 is 0 Å². The SMILES string of the molecule is C=C/C(C)=C/C(C)=C/C(C)C. The van der Waals surface area contributed by atoms with E-state index in [9.17, 15) is 0 Å². The van der Waals surface area contributed by atoms with Crippen molar-refractivity contribution >= 4 is 0 Å². The van der Waals surface area contributed by atoms with Gasteiger partial charge in [-0.15, -0.1) is 0 Å². The van der Waals surface area contributed by atoms with Crippen LogP contribution in [0.15, 0.2) is 36.0 Å². The normalized spacial score (nSPS) is 13.9. The Morgan fingerprint density at radius 1 is 1.18 bits per heavy atom. The summed E-state index contributed by atoms with van der Waals surface area (Å²) in [6.45, 7) is 12.2. The molecular formula is C11H18. The quantitative estimate of drug-likeness (QED) is 0.538. The highest BCUT2D eigenvalue weighted by molar-refractivity contribution is 5.26. The van der Waals surface area contributed by atoms with Crippen molar-refractivity contribution in [3.8, 4) is 0 Å². The fourth-order valence-electron chi connectivity index (χ4n) is 0.992. The van der Waals surface area contributed by atoms with E-state index in [-0.39, 0.29) is 0 Å². The van der Waals surface area contributed by atoms with Crippen molar-refractivity contribution in [2.45, 2.75) is 27.7 Å². The maximum Gasteiger partial charge on any atom is -0.0285 e. The third-order valence-electron chi connectivity index (χ3n) is 1.37. The Labute approximate surface area is 70.3 Å². The fraction of sp³-hybridized carbons (Fsp3) is 0.455. The smallest absolute Gasteiger partial charge is 0.0285 e. The van der Waals surface area contributed by atoms with E-state index in [1.165, 1.54) is 11.1 Å². The molecular weight excluding hydrogens is 132 g/mol. The summed E-state index contributed by atoms with van der Waals surface area (Å²) in [6, 6.07) is 0. The Kier molecular flexibility index (Phi) is 4.60. The van der Waals surface area contributed by atoms with Gasteiger partial charge in [0.05, 0.1) is 0 Å². The molecule has 0 radical (unpaired) electrons. The molecule has 0 N–H and O–H groups in total. The molecule has 0 aliphatic rings. The number of allylic oxidation sites excluding steroid dienone is 5. The maximum absolute atomic E-state index is 3.70. The van der Waals surface area contributed by atoms with Crippen molar-refractivity contribution in [2.75, 3.05) is 0 Å². The molecule has 0 fully saturated rings. The molecule has 62 valence electrons. The second kappa shape index (κ2) is 4.95. The Hall–Kier alpha value is -0.780. The third-order valence-corrected chi connectivity index (χ3v) is 1.37. The fourth-order valence-corrected chi connectivity index (χ4v) is 0.992. The highest BCUT2D eigenvalue weighted by Crippen LogP contribution is 2.06. The van der Waals surface area contributed by atoms with Gasteiger partial charge in [-0.05, 0) is 19.8 Å². The average Bonchev–Trinajstić information content (AvgIpc) is 1.85. The molecule has 0 aromatic heterocycles. The summed E-state index contributed by atoms with van der Waals surface area (Å²) in [6.07, 6.45) is 6.26. The second-order valence-electron chi connectivity index (χ2n) is 3.25. The van der Waals surface area contributed by atoms with Gasteiger partial charge in [0.1, 0.15) is 0 Å². The first kappa shape index (κ1) is 10.2. The van der Waals surface area contributed by atoms with Crippen LogP contribution in [-0.2, 0) is 0 Å². The van der Waals surface area contributed by atoms with Gasteiger partial charge in [-0.2, -0.15) is 0 Å². The lowest BCUT2D eigenvalue weighted by Gasteiger charge is -1.97. The Bertz CT molecular complexity index is 180. The minimum absolute atomic E-state index is 0.629. The first-order valence-corrected chi connectivity index (χ1v) is 4.05. The summed E-state index contributed by atoms with van der Waals surface area (Å²) in [7, 11) is 0. The van der Waals surface area contributed by atoms with Crippen LogP contribution in [0, 0.1) is 5.92 Å². The minimum atomic E-state index is 0.629. The maximum atomic E-state index is 3.70. The molecule has 11 heavy (non-hydrogen) atoms. The van der Waals surface area contributed by atoms with Crippen LogP contribution in [-0.4, -0.2) is 0 Å². The highest BCUT2D eigenvalue weighted by atomic mass is 13.9. The molecule has 0 heterocycles. The molecule has 0 rings (SSSR count). The lowest BCUT2D eigenvalue weighted by atomic mass is 10.1. The summed E-state index contributed by atoms with van der Waals surface area (Å²) < 4.78 is 0. The van der Waals surface area contributed by atoms with E-state index in [1.54, 1.807) is 0 Å².